The van der Waals surface area contributed by atoms with Gasteiger partial charge in [-0.2, -0.15) is 0 Å². The molecule has 0 unspecified atom stereocenters. The summed E-state index contributed by atoms with van der Waals surface area (Å²) in [6.45, 7) is 5.45. The van der Waals surface area contributed by atoms with Crippen LogP contribution in [0.4, 0.5) is 0 Å². The van der Waals surface area contributed by atoms with Gasteiger partial charge in [-0.25, -0.2) is 0 Å². The highest BCUT2D eigenvalue weighted by atomic mass is 16.2. The summed E-state index contributed by atoms with van der Waals surface area (Å²) in [5.41, 5.74) is -0.650. The summed E-state index contributed by atoms with van der Waals surface area (Å²) in [6.07, 6.45) is 0.344. The standard InChI is InChI=1S/C14H16O2/c1-13(2)9-11(15)14(3,12(13)16)10-7-5-4-6-8-10/h4-8H,9H2,1-3H3/t14-/m1/s1. The Labute approximate surface area is 95.7 Å². The molecule has 0 amide bonds. The Balaban J connectivity index is 2.55. The summed E-state index contributed by atoms with van der Waals surface area (Å²) >= 11 is 0. The van der Waals surface area contributed by atoms with Crippen molar-refractivity contribution in [3.8, 4) is 0 Å². The molecule has 1 fully saturated rings. The van der Waals surface area contributed by atoms with Crippen LogP contribution < -0.4 is 0 Å². The highest BCUT2D eigenvalue weighted by Crippen LogP contribution is 2.44. The summed E-state index contributed by atoms with van der Waals surface area (Å²) in [5.74, 6) is 0.0740. The maximum Gasteiger partial charge on any atom is 0.156 e. The third kappa shape index (κ3) is 1.33. The summed E-state index contributed by atoms with van der Waals surface area (Å²) in [4.78, 5) is 24.4. The van der Waals surface area contributed by atoms with Crippen molar-refractivity contribution in [3.05, 3.63) is 35.9 Å². The van der Waals surface area contributed by atoms with E-state index in [9.17, 15) is 9.59 Å². The van der Waals surface area contributed by atoms with Crippen LogP contribution in [0.15, 0.2) is 30.3 Å². The van der Waals surface area contributed by atoms with Crippen LogP contribution in [0.1, 0.15) is 32.8 Å². The maximum atomic E-state index is 12.3. The largest absolute Gasteiger partial charge is 0.298 e. The molecule has 1 atom stereocenters. The van der Waals surface area contributed by atoms with Gasteiger partial charge < -0.3 is 0 Å². The Kier molecular flexibility index (Phi) is 2.26. The van der Waals surface area contributed by atoms with Gasteiger partial charge >= 0.3 is 0 Å². The number of rotatable bonds is 1. The highest BCUT2D eigenvalue weighted by Gasteiger charge is 2.55. The molecule has 1 aromatic carbocycles. The number of hydrogen-bond acceptors (Lipinski definition) is 2. The van der Waals surface area contributed by atoms with Crippen LogP contribution in [0.3, 0.4) is 0 Å². The zero-order valence-corrected chi connectivity index (χ0v) is 9.91. The van der Waals surface area contributed by atoms with E-state index in [-0.39, 0.29) is 11.6 Å². The second kappa shape index (κ2) is 3.27. The van der Waals surface area contributed by atoms with Gasteiger partial charge in [0.2, 0.25) is 0 Å². The van der Waals surface area contributed by atoms with Crippen LogP contribution in [0.25, 0.3) is 0 Å². The minimum absolute atomic E-state index is 0.0358. The third-order valence-corrected chi connectivity index (χ3v) is 3.58. The molecule has 2 rings (SSSR count). The molecule has 1 aliphatic rings. The molecule has 0 aromatic heterocycles. The van der Waals surface area contributed by atoms with E-state index < -0.39 is 10.8 Å². The molecule has 0 radical (unpaired) electrons. The smallest absolute Gasteiger partial charge is 0.156 e. The Morgan fingerprint density at radius 3 is 2.00 bits per heavy atom. The third-order valence-electron chi connectivity index (χ3n) is 3.58. The Morgan fingerprint density at radius 1 is 1.00 bits per heavy atom. The molecule has 2 nitrogen and oxygen atoms in total. The molecule has 0 spiro atoms. The van der Waals surface area contributed by atoms with E-state index >= 15 is 0 Å². The zero-order chi connectivity index (χ0) is 12.0. The van der Waals surface area contributed by atoms with E-state index in [1.165, 1.54) is 0 Å². The van der Waals surface area contributed by atoms with Crippen molar-refractivity contribution in [1.29, 1.82) is 0 Å². The predicted molar refractivity (Wildman–Crippen MR) is 62.2 cm³/mol. The van der Waals surface area contributed by atoms with Crippen LogP contribution in [-0.2, 0) is 15.0 Å². The van der Waals surface area contributed by atoms with Gasteiger partial charge in [-0.3, -0.25) is 9.59 Å². The van der Waals surface area contributed by atoms with Gasteiger partial charge in [0.25, 0.3) is 0 Å². The molecule has 0 bridgehead atoms. The molecule has 0 saturated heterocycles. The second-order valence-corrected chi connectivity index (χ2v) is 5.30. The molecule has 1 saturated carbocycles. The predicted octanol–water partition coefficient (Wildman–Crippen LogP) is 2.51. The van der Waals surface area contributed by atoms with Crippen molar-refractivity contribution >= 4 is 11.6 Å². The summed E-state index contributed by atoms with van der Waals surface area (Å²) < 4.78 is 0. The number of ketones is 2. The monoisotopic (exact) mass is 216 g/mol. The van der Waals surface area contributed by atoms with Gasteiger partial charge in [-0.1, -0.05) is 44.2 Å². The molecule has 0 heterocycles. The average molecular weight is 216 g/mol. The van der Waals surface area contributed by atoms with Crippen LogP contribution in [-0.4, -0.2) is 11.6 Å². The lowest BCUT2D eigenvalue weighted by atomic mass is 9.76. The van der Waals surface area contributed by atoms with Crippen molar-refractivity contribution in [2.75, 3.05) is 0 Å². The fourth-order valence-electron chi connectivity index (χ4n) is 2.53. The van der Waals surface area contributed by atoms with Gasteiger partial charge in [0.15, 0.2) is 11.6 Å². The lowest BCUT2D eigenvalue weighted by Gasteiger charge is -2.23. The molecular weight excluding hydrogens is 200 g/mol. The summed E-state index contributed by atoms with van der Waals surface area (Å²) in [6, 6.07) is 9.34. The SMILES string of the molecule is CC1(C)CC(=O)[C@@](C)(c2ccccc2)C1=O. The van der Waals surface area contributed by atoms with Crippen molar-refractivity contribution in [1.82, 2.24) is 0 Å². The van der Waals surface area contributed by atoms with Crippen molar-refractivity contribution < 1.29 is 9.59 Å². The van der Waals surface area contributed by atoms with E-state index in [1.54, 1.807) is 6.92 Å². The van der Waals surface area contributed by atoms with Crippen molar-refractivity contribution in [2.24, 2.45) is 5.41 Å². The van der Waals surface area contributed by atoms with E-state index in [0.29, 0.717) is 6.42 Å². The van der Waals surface area contributed by atoms with Crippen LogP contribution >= 0.6 is 0 Å². The summed E-state index contributed by atoms with van der Waals surface area (Å²) in [5, 5.41) is 0. The molecule has 2 heteroatoms. The minimum atomic E-state index is -0.940. The van der Waals surface area contributed by atoms with E-state index in [2.05, 4.69) is 0 Å². The van der Waals surface area contributed by atoms with E-state index in [4.69, 9.17) is 0 Å². The number of Topliss-reactive ketones (excluding diaryl/α,β-unsaturated/α-hetero) is 2. The number of hydrogen-bond donors (Lipinski definition) is 0. The molecule has 0 aliphatic heterocycles. The lowest BCUT2D eigenvalue weighted by molar-refractivity contribution is -0.131. The first-order chi connectivity index (χ1) is 7.39. The second-order valence-electron chi connectivity index (χ2n) is 5.30. The quantitative estimate of drug-likeness (QED) is 0.676. The Bertz CT molecular complexity index is 445. The van der Waals surface area contributed by atoms with E-state index in [0.717, 1.165) is 5.56 Å². The first-order valence-electron chi connectivity index (χ1n) is 5.53. The van der Waals surface area contributed by atoms with Gasteiger partial charge in [0, 0.05) is 11.8 Å². The molecule has 84 valence electrons. The van der Waals surface area contributed by atoms with Crippen LogP contribution in [0.5, 0.6) is 0 Å². The molecule has 0 N–H and O–H groups in total. The first kappa shape index (κ1) is 11.1. The average Bonchev–Trinajstić information content (AvgIpc) is 2.41. The Hall–Kier alpha value is -1.44. The van der Waals surface area contributed by atoms with Crippen LogP contribution in [0, 0.1) is 5.41 Å². The van der Waals surface area contributed by atoms with Crippen LogP contribution in [0.2, 0.25) is 0 Å². The fraction of sp³-hybridized carbons (Fsp3) is 0.429. The topological polar surface area (TPSA) is 34.1 Å². The molecule has 1 aliphatic carbocycles. The Morgan fingerprint density at radius 2 is 1.56 bits per heavy atom. The maximum absolute atomic E-state index is 12.3. The van der Waals surface area contributed by atoms with Gasteiger partial charge in [0.05, 0.1) is 0 Å². The minimum Gasteiger partial charge on any atom is -0.298 e. The number of carbonyl (C=O) groups excluding carboxylic acids is 2. The number of benzene rings is 1. The van der Waals surface area contributed by atoms with Gasteiger partial charge in [0.1, 0.15) is 5.41 Å². The molecule has 16 heavy (non-hydrogen) atoms. The molecular formula is C14H16O2. The van der Waals surface area contributed by atoms with E-state index in [1.807, 2.05) is 44.2 Å². The fourth-order valence-corrected chi connectivity index (χ4v) is 2.53. The summed E-state index contributed by atoms with van der Waals surface area (Å²) in [7, 11) is 0. The number of carbonyl (C=O) groups is 2. The van der Waals surface area contributed by atoms with Crippen molar-refractivity contribution in [2.45, 2.75) is 32.6 Å². The normalized spacial score (nSPS) is 28.4. The molecule has 1 aromatic rings. The highest BCUT2D eigenvalue weighted by molar-refractivity contribution is 6.20. The van der Waals surface area contributed by atoms with Gasteiger partial charge in [-0.15, -0.1) is 0 Å². The first-order valence-corrected chi connectivity index (χ1v) is 5.53. The lowest BCUT2D eigenvalue weighted by Crippen LogP contribution is -2.37. The zero-order valence-electron chi connectivity index (χ0n) is 9.91. The van der Waals surface area contributed by atoms with Crippen molar-refractivity contribution in [3.63, 3.8) is 0 Å². The van der Waals surface area contributed by atoms with Gasteiger partial charge in [-0.05, 0) is 12.5 Å².